The van der Waals surface area contributed by atoms with Crippen molar-refractivity contribution in [2.45, 2.75) is 6.42 Å². The minimum Gasteiger partial charge on any atom is -0.493 e. The van der Waals surface area contributed by atoms with Crippen molar-refractivity contribution in [1.82, 2.24) is 0 Å². The topological polar surface area (TPSA) is 60.4 Å². The van der Waals surface area contributed by atoms with Crippen molar-refractivity contribution in [2.75, 3.05) is 18.6 Å². The molecule has 0 N–H and O–H groups in total. The van der Waals surface area contributed by atoms with E-state index in [1.807, 2.05) is 0 Å². The first-order chi connectivity index (χ1) is 7.46. The summed E-state index contributed by atoms with van der Waals surface area (Å²) in [5.41, 5.74) is 1.41. The van der Waals surface area contributed by atoms with Crippen LogP contribution in [0, 0.1) is 0 Å². The SMILES string of the molecule is CS(=O)(=O)CC(=O)c1ccc2c(c1)CCO2. The normalized spacial score (nSPS) is 14.3. The fourth-order valence-corrected chi connectivity index (χ4v) is 2.32. The Hall–Kier alpha value is -1.36. The summed E-state index contributed by atoms with van der Waals surface area (Å²) in [6, 6.07) is 5.05. The lowest BCUT2D eigenvalue weighted by Gasteiger charge is -2.02. The number of benzene rings is 1. The van der Waals surface area contributed by atoms with Gasteiger partial charge in [-0.25, -0.2) is 8.42 Å². The molecule has 5 heteroatoms. The average molecular weight is 240 g/mol. The van der Waals surface area contributed by atoms with E-state index in [-0.39, 0.29) is 5.78 Å². The van der Waals surface area contributed by atoms with Crippen molar-refractivity contribution in [3.8, 4) is 5.75 Å². The molecule has 1 aliphatic heterocycles. The molecule has 1 aliphatic rings. The lowest BCUT2D eigenvalue weighted by Crippen LogP contribution is -2.14. The Balaban J connectivity index is 2.25. The Morgan fingerprint density at radius 2 is 2.19 bits per heavy atom. The molecule has 1 aromatic carbocycles. The first-order valence-electron chi connectivity index (χ1n) is 4.92. The van der Waals surface area contributed by atoms with Gasteiger partial charge in [0.1, 0.15) is 11.5 Å². The largest absolute Gasteiger partial charge is 0.493 e. The van der Waals surface area contributed by atoms with Crippen LogP contribution in [0.2, 0.25) is 0 Å². The summed E-state index contributed by atoms with van der Waals surface area (Å²) < 4.78 is 27.3. The quantitative estimate of drug-likeness (QED) is 0.735. The molecular formula is C11H12O4S. The number of hydrogen-bond acceptors (Lipinski definition) is 4. The number of ketones is 1. The molecule has 0 saturated heterocycles. The zero-order valence-electron chi connectivity index (χ0n) is 8.89. The van der Waals surface area contributed by atoms with Crippen molar-refractivity contribution in [1.29, 1.82) is 0 Å². The maximum atomic E-state index is 11.6. The number of carbonyl (C=O) groups excluding carboxylic acids is 1. The summed E-state index contributed by atoms with van der Waals surface area (Å²) in [6.45, 7) is 0.624. The van der Waals surface area contributed by atoms with E-state index >= 15 is 0 Å². The van der Waals surface area contributed by atoms with Crippen LogP contribution in [0.1, 0.15) is 15.9 Å². The van der Waals surface area contributed by atoms with Crippen LogP contribution in [0.4, 0.5) is 0 Å². The highest BCUT2D eigenvalue weighted by molar-refractivity contribution is 7.91. The smallest absolute Gasteiger partial charge is 0.177 e. The van der Waals surface area contributed by atoms with Crippen LogP contribution >= 0.6 is 0 Å². The van der Waals surface area contributed by atoms with E-state index in [0.29, 0.717) is 12.2 Å². The van der Waals surface area contributed by atoms with Crippen molar-refractivity contribution in [3.05, 3.63) is 29.3 Å². The molecule has 0 radical (unpaired) electrons. The molecular weight excluding hydrogens is 228 g/mol. The minimum absolute atomic E-state index is 0.364. The van der Waals surface area contributed by atoms with Crippen molar-refractivity contribution >= 4 is 15.6 Å². The highest BCUT2D eigenvalue weighted by atomic mass is 32.2. The van der Waals surface area contributed by atoms with Gasteiger partial charge < -0.3 is 4.74 Å². The summed E-state index contributed by atoms with van der Waals surface area (Å²) >= 11 is 0. The average Bonchev–Trinajstić information content (AvgIpc) is 2.61. The van der Waals surface area contributed by atoms with Crippen LogP contribution in [0.3, 0.4) is 0 Å². The second-order valence-corrected chi connectivity index (χ2v) is 6.05. The molecule has 16 heavy (non-hydrogen) atoms. The van der Waals surface area contributed by atoms with Crippen molar-refractivity contribution < 1.29 is 17.9 Å². The number of hydrogen-bond donors (Lipinski definition) is 0. The number of Topliss-reactive ketones (excluding diaryl/α,β-unsaturated/α-hetero) is 1. The van der Waals surface area contributed by atoms with Gasteiger partial charge in [0.15, 0.2) is 15.6 Å². The van der Waals surface area contributed by atoms with E-state index in [2.05, 4.69) is 0 Å². The maximum absolute atomic E-state index is 11.6. The second-order valence-electron chi connectivity index (χ2n) is 3.91. The van der Waals surface area contributed by atoms with Crippen LogP contribution in [0.25, 0.3) is 0 Å². The number of sulfone groups is 1. The third kappa shape index (κ3) is 2.41. The van der Waals surface area contributed by atoms with Gasteiger partial charge in [0.05, 0.1) is 6.61 Å². The number of rotatable bonds is 3. The summed E-state index contributed by atoms with van der Waals surface area (Å²) in [7, 11) is -3.27. The molecule has 0 atom stereocenters. The number of carbonyl (C=O) groups is 1. The lowest BCUT2D eigenvalue weighted by molar-refractivity contribution is 0.102. The number of fused-ring (bicyclic) bond motifs is 1. The fourth-order valence-electron chi connectivity index (χ4n) is 1.68. The van der Waals surface area contributed by atoms with Crippen LogP contribution in [-0.2, 0) is 16.3 Å². The van der Waals surface area contributed by atoms with Gasteiger partial charge in [-0.2, -0.15) is 0 Å². The van der Waals surface area contributed by atoms with Crippen molar-refractivity contribution in [2.24, 2.45) is 0 Å². The molecule has 0 saturated carbocycles. The molecule has 0 unspecified atom stereocenters. The molecule has 4 nitrogen and oxygen atoms in total. The van der Waals surface area contributed by atoms with E-state index in [0.717, 1.165) is 24.0 Å². The molecule has 0 fully saturated rings. The van der Waals surface area contributed by atoms with Gasteiger partial charge in [-0.1, -0.05) is 0 Å². The minimum atomic E-state index is -3.27. The Kier molecular flexibility index (Phi) is 2.71. The summed E-state index contributed by atoms with van der Waals surface area (Å²) in [5.74, 6) is -0.0137. The maximum Gasteiger partial charge on any atom is 0.177 e. The standard InChI is InChI=1S/C11H12O4S/c1-16(13,14)7-10(12)8-2-3-11-9(6-8)4-5-15-11/h2-3,6H,4-5,7H2,1H3. The Bertz CT molecular complexity index is 531. The molecule has 1 heterocycles. The molecule has 0 bridgehead atoms. The van der Waals surface area contributed by atoms with Crippen LogP contribution in [0.5, 0.6) is 5.75 Å². The van der Waals surface area contributed by atoms with Crippen LogP contribution in [0.15, 0.2) is 18.2 Å². The summed E-state index contributed by atoms with van der Waals surface area (Å²) in [6.07, 6.45) is 1.83. The van der Waals surface area contributed by atoms with E-state index in [4.69, 9.17) is 4.74 Å². The Morgan fingerprint density at radius 3 is 2.88 bits per heavy atom. The molecule has 1 aromatic rings. The van der Waals surface area contributed by atoms with Gasteiger partial charge in [-0.3, -0.25) is 4.79 Å². The third-order valence-corrected chi connectivity index (χ3v) is 3.19. The van der Waals surface area contributed by atoms with Gasteiger partial charge >= 0.3 is 0 Å². The molecule has 0 spiro atoms. The van der Waals surface area contributed by atoms with E-state index in [1.54, 1.807) is 18.2 Å². The second kappa shape index (κ2) is 3.90. The van der Waals surface area contributed by atoms with Gasteiger partial charge in [-0.15, -0.1) is 0 Å². The molecule has 0 amide bonds. The highest BCUT2D eigenvalue weighted by Crippen LogP contribution is 2.26. The third-order valence-electron chi connectivity index (χ3n) is 2.40. The fraction of sp³-hybridized carbons (Fsp3) is 0.364. The predicted octanol–water partition coefficient (Wildman–Crippen LogP) is 0.849. The van der Waals surface area contributed by atoms with Crippen molar-refractivity contribution in [3.63, 3.8) is 0 Å². The van der Waals surface area contributed by atoms with E-state index in [9.17, 15) is 13.2 Å². The zero-order valence-corrected chi connectivity index (χ0v) is 9.71. The van der Waals surface area contributed by atoms with E-state index < -0.39 is 15.6 Å². The Morgan fingerprint density at radius 1 is 1.44 bits per heavy atom. The first-order valence-corrected chi connectivity index (χ1v) is 6.98. The number of ether oxygens (including phenoxy) is 1. The first kappa shape index (κ1) is 11.1. The molecule has 0 aromatic heterocycles. The van der Waals surface area contributed by atoms with Gasteiger partial charge in [-0.05, 0) is 23.8 Å². The molecule has 86 valence electrons. The zero-order chi connectivity index (χ0) is 11.8. The Labute approximate surface area is 94.2 Å². The highest BCUT2D eigenvalue weighted by Gasteiger charge is 2.17. The van der Waals surface area contributed by atoms with Gasteiger partial charge in [0.25, 0.3) is 0 Å². The van der Waals surface area contributed by atoms with Crippen LogP contribution in [-0.4, -0.2) is 32.8 Å². The summed E-state index contributed by atoms with van der Waals surface area (Å²) in [5, 5.41) is 0. The molecule has 0 aliphatic carbocycles. The van der Waals surface area contributed by atoms with Gasteiger partial charge in [0.2, 0.25) is 0 Å². The molecule has 2 rings (SSSR count). The summed E-state index contributed by atoms with van der Waals surface area (Å²) in [4.78, 5) is 11.6. The van der Waals surface area contributed by atoms with E-state index in [1.165, 1.54) is 0 Å². The monoisotopic (exact) mass is 240 g/mol. The predicted molar refractivity (Wildman–Crippen MR) is 59.7 cm³/mol. The lowest BCUT2D eigenvalue weighted by atomic mass is 10.1. The van der Waals surface area contributed by atoms with Crippen LogP contribution < -0.4 is 4.74 Å². The van der Waals surface area contributed by atoms with Gasteiger partial charge in [0, 0.05) is 18.2 Å².